The summed E-state index contributed by atoms with van der Waals surface area (Å²) in [5, 5.41) is 2.37. The van der Waals surface area contributed by atoms with Gasteiger partial charge in [0.25, 0.3) is 5.91 Å². The van der Waals surface area contributed by atoms with Crippen LogP contribution >= 0.6 is 11.6 Å². The van der Waals surface area contributed by atoms with Gasteiger partial charge in [-0.15, -0.1) is 0 Å². The fraction of sp³-hybridized carbons (Fsp3) is 0.318. The molecule has 1 N–H and O–H groups in total. The van der Waals surface area contributed by atoms with E-state index in [0.717, 1.165) is 17.8 Å². The third-order valence-corrected chi connectivity index (χ3v) is 6.07. The third kappa shape index (κ3) is 4.10. The van der Waals surface area contributed by atoms with E-state index >= 15 is 0 Å². The van der Waals surface area contributed by atoms with Crippen molar-refractivity contribution in [3.63, 3.8) is 0 Å². The van der Waals surface area contributed by atoms with Gasteiger partial charge in [-0.25, -0.2) is 4.79 Å². The van der Waals surface area contributed by atoms with Gasteiger partial charge in [0.1, 0.15) is 6.54 Å². The summed E-state index contributed by atoms with van der Waals surface area (Å²) >= 11 is 6.02. The highest BCUT2D eigenvalue weighted by molar-refractivity contribution is 6.30. The molecule has 1 atom stereocenters. The standard InChI is InChI=1S/C22H20ClF3N4O3/c23-16-7-4-8-17(13-16)28-9-11-29(12-10-28)18(31)14-30-19(32)21(22(24,25)26,27-20(30)33)15-5-2-1-3-6-15/h1-8,13H,9-12,14H2,(H,27,33). The summed E-state index contributed by atoms with van der Waals surface area (Å²) in [6.45, 7) is 0.758. The van der Waals surface area contributed by atoms with Gasteiger partial charge in [-0.3, -0.25) is 14.5 Å². The number of alkyl halides is 3. The number of anilines is 1. The summed E-state index contributed by atoms with van der Waals surface area (Å²) in [6, 6.07) is 12.4. The van der Waals surface area contributed by atoms with Crippen molar-refractivity contribution in [1.29, 1.82) is 0 Å². The summed E-state index contributed by atoms with van der Waals surface area (Å²) in [7, 11) is 0. The Morgan fingerprint density at radius 1 is 1.00 bits per heavy atom. The number of rotatable bonds is 4. The van der Waals surface area contributed by atoms with Crippen molar-refractivity contribution in [3.05, 3.63) is 65.2 Å². The summed E-state index contributed by atoms with van der Waals surface area (Å²) in [4.78, 5) is 41.9. The first-order chi connectivity index (χ1) is 15.6. The first-order valence-electron chi connectivity index (χ1n) is 10.2. The number of piperazine rings is 1. The molecule has 174 valence electrons. The van der Waals surface area contributed by atoms with Crippen molar-refractivity contribution in [1.82, 2.24) is 15.1 Å². The van der Waals surface area contributed by atoms with Gasteiger partial charge < -0.3 is 15.1 Å². The molecule has 0 aliphatic carbocycles. The van der Waals surface area contributed by atoms with E-state index < -0.39 is 41.7 Å². The van der Waals surface area contributed by atoms with Gasteiger partial charge in [-0.05, 0) is 23.8 Å². The second-order valence-corrected chi connectivity index (χ2v) is 8.22. The van der Waals surface area contributed by atoms with Gasteiger partial charge in [-0.2, -0.15) is 13.2 Å². The Balaban J connectivity index is 1.46. The molecule has 1 unspecified atom stereocenters. The van der Waals surface area contributed by atoms with Crippen LogP contribution < -0.4 is 10.2 Å². The lowest BCUT2D eigenvalue weighted by molar-refractivity contribution is -0.198. The van der Waals surface area contributed by atoms with Crippen LogP contribution in [0.15, 0.2) is 54.6 Å². The van der Waals surface area contributed by atoms with Gasteiger partial charge in [0, 0.05) is 36.9 Å². The number of imide groups is 1. The predicted molar refractivity (Wildman–Crippen MR) is 115 cm³/mol. The summed E-state index contributed by atoms with van der Waals surface area (Å²) < 4.78 is 42.2. The fourth-order valence-electron chi connectivity index (χ4n) is 4.08. The van der Waals surface area contributed by atoms with Crippen molar-refractivity contribution in [2.24, 2.45) is 0 Å². The number of amides is 4. The maximum Gasteiger partial charge on any atom is 0.425 e. The van der Waals surface area contributed by atoms with Crippen LogP contribution in [0.3, 0.4) is 0 Å². The number of carbonyl (C=O) groups is 3. The number of nitrogens with one attached hydrogen (secondary N) is 1. The molecule has 2 aliphatic heterocycles. The second kappa shape index (κ2) is 8.58. The maximum absolute atomic E-state index is 14.1. The van der Waals surface area contributed by atoms with Gasteiger partial charge in [0.2, 0.25) is 11.4 Å². The Bertz CT molecular complexity index is 1070. The van der Waals surface area contributed by atoms with Crippen LogP contribution in [0.1, 0.15) is 5.56 Å². The van der Waals surface area contributed by atoms with Crippen LogP contribution in [0.25, 0.3) is 0 Å². The molecule has 4 amide bonds. The van der Waals surface area contributed by atoms with E-state index in [1.54, 1.807) is 17.4 Å². The lowest BCUT2D eigenvalue weighted by Gasteiger charge is -2.36. The van der Waals surface area contributed by atoms with E-state index in [1.807, 2.05) is 17.0 Å². The highest BCUT2D eigenvalue weighted by Gasteiger charge is 2.68. The molecular weight excluding hydrogens is 461 g/mol. The van der Waals surface area contributed by atoms with Crippen LogP contribution in [-0.2, 0) is 15.1 Å². The zero-order valence-corrected chi connectivity index (χ0v) is 18.1. The van der Waals surface area contributed by atoms with E-state index in [0.29, 0.717) is 23.0 Å². The Hall–Kier alpha value is -3.27. The third-order valence-electron chi connectivity index (χ3n) is 5.84. The molecule has 2 aromatic rings. The molecule has 0 spiro atoms. The molecule has 7 nitrogen and oxygen atoms in total. The summed E-state index contributed by atoms with van der Waals surface area (Å²) in [5.74, 6) is -2.12. The maximum atomic E-state index is 14.1. The topological polar surface area (TPSA) is 73.0 Å². The molecule has 33 heavy (non-hydrogen) atoms. The van der Waals surface area contributed by atoms with Crippen molar-refractivity contribution in [3.8, 4) is 0 Å². The van der Waals surface area contributed by atoms with Crippen LogP contribution in [0.4, 0.5) is 23.7 Å². The zero-order valence-electron chi connectivity index (χ0n) is 17.3. The second-order valence-electron chi connectivity index (χ2n) is 7.78. The summed E-state index contributed by atoms with van der Waals surface area (Å²) in [5.41, 5.74) is -2.75. The van der Waals surface area contributed by atoms with Gasteiger partial charge >= 0.3 is 12.2 Å². The fourth-order valence-corrected chi connectivity index (χ4v) is 4.27. The van der Waals surface area contributed by atoms with Crippen molar-refractivity contribution >= 4 is 35.1 Å². The molecule has 0 radical (unpaired) electrons. The minimum absolute atomic E-state index is 0.290. The molecule has 11 heteroatoms. The molecule has 2 heterocycles. The lowest BCUT2D eigenvalue weighted by atomic mass is 9.89. The molecule has 2 aliphatic rings. The number of benzene rings is 2. The molecule has 2 aromatic carbocycles. The highest BCUT2D eigenvalue weighted by Crippen LogP contribution is 2.43. The number of nitrogens with zero attached hydrogens (tertiary/aromatic N) is 3. The van der Waals surface area contributed by atoms with Crippen LogP contribution in [0.2, 0.25) is 5.02 Å². The molecule has 0 saturated carbocycles. The number of urea groups is 1. The average Bonchev–Trinajstić information content (AvgIpc) is 3.05. The SMILES string of the molecule is O=C(CN1C(=O)NC(c2ccccc2)(C(F)(F)F)C1=O)N1CCN(c2cccc(Cl)c2)CC1. The Kier molecular flexibility index (Phi) is 5.96. The molecule has 0 bridgehead atoms. The number of hydrogen-bond acceptors (Lipinski definition) is 4. The van der Waals surface area contributed by atoms with E-state index in [2.05, 4.69) is 0 Å². The predicted octanol–water partition coefficient (Wildman–Crippen LogP) is 3.00. The number of hydrogen-bond donors (Lipinski definition) is 1. The van der Waals surface area contributed by atoms with E-state index in [9.17, 15) is 27.6 Å². The largest absolute Gasteiger partial charge is 0.425 e. The van der Waals surface area contributed by atoms with Crippen molar-refractivity contribution in [2.75, 3.05) is 37.6 Å². The lowest BCUT2D eigenvalue weighted by Crippen LogP contribution is -2.56. The van der Waals surface area contributed by atoms with Crippen LogP contribution in [0, 0.1) is 0 Å². The van der Waals surface area contributed by atoms with Crippen molar-refractivity contribution < 1.29 is 27.6 Å². The van der Waals surface area contributed by atoms with Gasteiger partial charge in [0.05, 0.1) is 0 Å². The average molecular weight is 481 g/mol. The minimum Gasteiger partial charge on any atom is -0.368 e. The normalized spacial score (nSPS) is 21.4. The van der Waals surface area contributed by atoms with Gasteiger partial charge in [0.15, 0.2) is 0 Å². The van der Waals surface area contributed by atoms with E-state index in [-0.39, 0.29) is 13.1 Å². The molecular formula is C22H20ClF3N4O3. The summed E-state index contributed by atoms with van der Waals surface area (Å²) in [6.07, 6.45) is -5.10. The Morgan fingerprint density at radius 3 is 2.27 bits per heavy atom. The molecule has 4 rings (SSSR count). The molecule has 2 saturated heterocycles. The van der Waals surface area contributed by atoms with Crippen molar-refractivity contribution in [2.45, 2.75) is 11.7 Å². The number of carbonyl (C=O) groups excluding carboxylic acids is 3. The first kappa shape index (κ1) is 22.9. The van der Waals surface area contributed by atoms with Crippen LogP contribution in [-0.4, -0.2) is 66.5 Å². The first-order valence-corrected chi connectivity index (χ1v) is 10.6. The quantitative estimate of drug-likeness (QED) is 0.683. The molecule has 0 aromatic heterocycles. The minimum atomic E-state index is -5.10. The van der Waals surface area contributed by atoms with Gasteiger partial charge in [-0.1, -0.05) is 48.0 Å². The number of halogens is 4. The van der Waals surface area contributed by atoms with Crippen LogP contribution in [0.5, 0.6) is 0 Å². The van der Waals surface area contributed by atoms with E-state index in [4.69, 9.17) is 11.6 Å². The monoisotopic (exact) mass is 480 g/mol. The highest BCUT2D eigenvalue weighted by atomic mass is 35.5. The molecule has 2 fully saturated rings. The smallest absolute Gasteiger partial charge is 0.368 e. The Labute approximate surface area is 192 Å². The zero-order chi connectivity index (χ0) is 23.8. The van der Waals surface area contributed by atoms with E-state index in [1.165, 1.54) is 23.1 Å². The Morgan fingerprint density at radius 2 is 1.67 bits per heavy atom.